The smallest absolute Gasteiger partial charge is 0.145 e. The molecule has 4 nitrogen and oxygen atoms in total. The molecule has 2 aromatic heterocycles. The standard InChI is InChI=1S/C44H43N3O/c1-27-22-30(25-31(23-27)35-24-28(2)39(29-14-10-9-11-15-29)34-17-13-21-45-40(34)35)33-16-12-18-37-41(33)46-42(47(37)44(6,7)8)36-26-32(43(3,4)5)19-20-38(36)48/h9-26,48H,1-8H3. The van der Waals surface area contributed by atoms with Crippen molar-refractivity contribution in [3.05, 3.63) is 126 Å². The van der Waals surface area contributed by atoms with Gasteiger partial charge in [0.25, 0.3) is 0 Å². The maximum atomic E-state index is 11.2. The van der Waals surface area contributed by atoms with Crippen molar-refractivity contribution >= 4 is 21.9 Å². The summed E-state index contributed by atoms with van der Waals surface area (Å²) >= 11 is 0. The van der Waals surface area contributed by atoms with Gasteiger partial charge in [-0.1, -0.05) is 87.5 Å². The summed E-state index contributed by atoms with van der Waals surface area (Å²) in [6.07, 6.45) is 1.89. The van der Waals surface area contributed by atoms with E-state index in [0.29, 0.717) is 0 Å². The Morgan fingerprint density at radius 3 is 2.06 bits per heavy atom. The second kappa shape index (κ2) is 11.5. The number of aromatic hydroxyl groups is 1. The molecule has 7 aromatic rings. The topological polar surface area (TPSA) is 50.9 Å². The van der Waals surface area contributed by atoms with Gasteiger partial charge in [0.05, 0.1) is 22.1 Å². The third-order valence-electron chi connectivity index (χ3n) is 9.31. The Balaban J connectivity index is 1.45. The molecule has 4 heteroatoms. The van der Waals surface area contributed by atoms with Crippen LogP contribution in [0.1, 0.15) is 58.2 Å². The lowest BCUT2D eigenvalue weighted by atomic mass is 9.86. The molecule has 0 unspecified atom stereocenters. The molecule has 0 aliphatic rings. The molecule has 0 radical (unpaired) electrons. The van der Waals surface area contributed by atoms with Gasteiger partial charge in [-0.25, -0.2) is 4.98 Å². The Morgan fingerprint density at radius 1 is 0.625 bits per heavy atom. The van der Waals surface area contributed by atoms with Crippen molar-refractivity contribution < 1.29 is 5.11 Å². The van der Waals surface area contributed by atoms with Gasteiger partial charge in [-0.3, -0.25) is 4.98 Å². The molecule has 0 bridgehead atoms. The zero-order valence-corrected chi connectivity index (χ0v) is 29.2. The molecule has 0 saturated heterocycles. The largest absolute Gasteiger partial charge is 0.507 e. The van der Waals surface area contributed by atoms with Gasteiger partial charge < -0.3 is 9.67 Å². The monoisotopic (exact) mass is 629 g/mol. The molecule has 0 aliphatic carbocycles. The Bertz CT molecular complexity index is 2330. The van der Waals surface area contributed by atoms with Crippen LogP contribution in [0.15, 0.2) is 109 Å². The predicted octanol–water partition coefficient (Wildman–Crippen LogP) is 11.6. The second-order valence-electron chi connectivity index (χ2n) is 15.1. The zero-order chi connectivity index (χ0) is 34.0. The predicted molar refractivity (Wildman–Crippen MR) is 202 cm³/mol. The van der Waals surface area contributed by atoms with Crippen LogP contribution in [-0.2, 0) is 11.0 Å². The lowest BCUT2D eigenvalue weighted by molar-refractivity contribution is 0.411. The second-order valence-corrected chi connectivity index (χ2v) is 15.1. The van der Waals surface area contributed by atoms with Crippen LogP contribution in [0.3, 0.4) is 0 Å². The molecule has 0 amide bonds. The molecule has 2 heterocycles. The fourth-order valence-corrected chi connectivity index (χ4v) is 7.07. The van der Waals surface area contributed by atoms with Crippen LogP contribution in [0.2, 0.25) is 0 Å². The number of hydrogen-bond donors (Lipinski definition) is 1. The van der Waals surface area contributed by atoms with E-state index in [9.17, 15) is 5.11 Å². The SMILES string of the molecule is Cc1cc(-c2cc(C)c(-c3ccccc3)c3cccnc23)cc(-c2cccc3c2nc(-c2cc(C(C)(C)C)ccc2O)n3C(C)(C)C)c1. The summed E-state index contributed by atoms with van der Waals surface area (Å²) in [5.74, 6) is 1.00. The quantitative estimate of drug-likeness (QED) is 0.211. The number of para-hydroxylation sites is 1. The van der Waals surface area contributed by atoms with Gasteiger partial charge in [0.15, 0.2) is 0 Å². The summed E-state index contributed by atoms with van der Waals surface area (Å²) in [7, 11) is 0. The van der Waals surface area contributed by atoms with Gasteiger partial charge in [-0.05, 0) is 115 Å². The molecule has 0 aliphatic heterocycles. The van der Waals surface area contributed by atoms with Crippen LogP contribution in [-0.4, -0.2) is 19.6 Å². The van der Waals surface area contributed by atoms with Gasteiger partial charge in [0.1, 0.15) is 11.6 Å². The highest BCUT2D eigenvalue weighted by Gasteiger charge is 2.27. The number of benzene rings is 5. The van der Waals surface area contributed by atoms with Gasteiger partial charge in [0, 0.05) is 28.2 Å². The minimum absolute atomic E-state index is 0.0686. The van der Waals surface area contributed by atoms with Gasteiger partial charge in [-0.2, -0.15) is 0 Å². The summed E-state index contributed by atoms with van der Waals surface area (Å²) in [5, 5.41) is 12.3. The van der Waals surface area contributed by atoms with Crippen LogP contribution in [0, 0.1) is 13.8 Å². The van der Waals surface area contributed by atoms with E-state index in [1.165, 1.54) is 22.3 Å². The van der Waals surface area contributed by atoms with E-state index < -0.39 is 0 Å². The Morgan fingerprint density at radius 2 is 1.35 bits per heavy atom. The van der Waals surface area contributed by atoms with Crippen LogP contribution >= 0.6 is 0 Å². The summed E-state index contributed by atoms with van der Waals surface area (Å²) in [4.78, 5) is 10.3. The maximum absolute atomic E-state index is 11.2. The highest BCUT2D eigenvalue weighted by Crippen LogP contribution is 2.42. The summed E-state index contributed by atoms with van der Waals surface area (Å²) in [6.45, 7) is 17.5. The molecule has 7 rings (SSSR count). The number of aromatic nitrogens is 3. The third-order valence-corrected chi connectivity index (χ3v) is 9.31. The van der Waals surface area contributed by atoms with Gasteiger partial charge in [-0.15, -0.1) is 0 Å². The summed E-state index contributed by atoms with van der Waals surface area (Å²) in [5.41, 5.74) is 13.7. The van der Waals surface area contributed by atoms with Crippen LogP contribution < -0.4 is 0 Å². The highest BCUT2D eigenvalue weighted by molar-refractivity contribution is 6.05. The van der Waals surface area contributed by atoms with Crippen molar-refractivity contribution in [2.75, 3.05) is 0 Å². The van der Waals surface area contributed by atoms with Crippen molar-refractivity contribution in [2.45, 2.75) is 66.3 Å². The number of rotatable bonds is 4. The van der Waals surface area contributed by atoms with Crippen molar-refractivity contribution in [1.82, 2.24) is 14.5 Å². The lowest BCUT2D eigenvalue weighted by Gasteiger charge is -2.26. The number of imidazole rings is 1. The first-order valence-corrected chi connectivity index (χ1v) is 16.7. The lowest BCUT2D eigenvalue weighted by Crippen LogP contribution is -2.22. The van der Waals surface area contributed by atoms with Crippen molar-refractivity contribution in [1.29, 1.82) is 0 Å². The van der Waals surface area contributed by atoms with E-state index in [-0.39, 0.29) is 16.7 Å². The average Bonchev–Trinajstić information content (AvgIpc) is 3.45. The Kier molecular flexibility index (Phi) is 7.51. The molecular formula is C44H43N3O. The Hall–Kier alpha value is -5.22. The fourth-order valence-electron chi connectivity index (χ4n) is 7.07. The highest BCUT2D eigenvalue weighted by atomic mass is 16.3. The van der Waals surface area contributed by atoms with E-state index in [0.717, 1.165) is 61.1 Å². The molecule has 240 valence electrons. The van der Waals surface area contributed by atoms with E-state index in [1.807, 2.05) is 18.3 Å². The normalized spacial score (nSPS) is 12.2. The first-order chi connectivity index (χ1) is 22.8. The molecule has 5 aromatic carbocycles. The molecule has 0 fully saturated rings. The van der Waals surface area contributed by atoms with Crippen molar-refractivity contribution in [2.24, 2.45) is 0 Å². The first-order valence-electron chi connectivity index (χ1n) is 16.7. The van der Waals surface area contributed by atoms with E-state index in [2.05, 4.69) is 145 Å². The average molecular weight is 630 g/mol. The molecule has 0 atom stereocenters. The minimum Gasteiger partial charge on any atom is -0.507 e. The third kappa shape index (κ3) is 5.45. The number of phenols is 1. The number of fused-ring (bicyclic) bond motifs is 2. The van der Waals surface area contributed by atoms with Crippen molar-refractivity contribution in [3.8, 4) is 50.5 Å². The zero-order valence-electron chi connectivity index (χ0n) is 29.2. The van der Waals surface area contributed by atoms with E-state index in [1.54, 1.807) is 6.07 Å². The van der Waals surface area contributed by atoms with Gasteiger partial charge in [0.2, 0.25) is 0 Å². The first kappa shape index (κ1) is 31.4. The molecule has 1 N–H and O–H groups in total. The Labute approximate surface area is 283 Å². The van der Waals surface area contributed by atoms with E-state index >= 15 is 0 Å². The summed E-state index contributed by atoms with van der Waals surface area (Å²) < 4.78 is 2.27. The van der Waals surface area contributed by atoms with Crippen LogP contribution in [0.4, 0.5) is 0 Å². The van der Waals surface area contributed by atoms with Crippen LogP contribution in [0.5, 0.6) is 5.75 Å². The minimum atomic E-state index is -0.284. The number of hydrogen-bond acceptors (Lipinski definition) is 3. The number of phenolic OH excluding ortho intramolecular Hbond substituents is 1. The molecular weight excluding hydrogens is 587 g/mol. The maximum Gasteiger partial charge on any atom is 0.145 e. The van der Waals surface area contributed by atoms with Gasteiger partial charge >= 0.3 is 0 Å². The fraction of sp³-hybridized carbons (Fsp3) is 0.227. The molecule has 48 heavy (non-hydrogen) atoms. The number of aryl methyl sites for hydroxylation is 2. The molecule has 0 saturated carbocycles. The molecule has 0 spiro atoms. The van der Waals surface area contributed by atoms with Crippen LogP contribution in [0.25, 0.3) is 66.7 Å². The number of nitrogens with zero attached hydrogens (tertiary/aromatic N) is 3. The van der Waals surface area contributed by atoms with Crippen molar-refractivity contribution in [3.63, 3.8) is 0 Å². The summed E-state index contributed by atoms with van der Waals surface area (Å²) in [6, 6.07) is 36.2. The number of pyridine rings is 1. The van der Waals surface area contributed by atoms with E-state index in [4.69, 9.17) is 9.97 Å².